The van der Waals surface area contributed by atoms with E-state index in [4.69, 9.17) is 14.3 Å². The first kappa shape index (κ1) is 17.2. The van der Waals surface area contributed by atoms with Gasteiger partial charge in [0, 0.05) is 29.7 Å². The molecule has 0 aliphatic rings. The van der Waals surface area contributed by atoms with Crippen LogP contribution in [-0.2, 0) is 13.2 Å². The highest BCUT2D eigenvalue weighted by Gasteiger charge is 2.05. The van der Waals surface area contributed by atoms with Gasteiger partial charge in [0.1, 0.15) is 24.4 Å². The van der Waals surface area contributed by atoms with E-state index >= 15 is 0 Å². The molecule has 0 fully saturated rings. The van der Waals surface area contributed by atoms with E-state index in [0.717, 1.165) is 36.7 Å². The Morgan fingerprint density at radius 1 is 1.16 bits per heavy atom. The van der Waals surface area contributed by atoms with Crippen molar-refractivity contribution in [1.82, 2.24) is 4.57 Å². The zero-order chi connectivity index (χ0) is 17.6. The monoisotopic (exact) mass is 345 g/mol. The van der Waals surface area contributed by atoms with E-state index in [1.165, 1.54) is 24.5 Å². The van der Waals surface area contributed by atoms with Crippen molar-refractivity contribution in [3.8, 4) is 5.75 Å². The summed E-state index contributed by atoms with van der Waals surface area (Å²) in [6.07, 6.45) is 5.92. The number of fused-ring (bicyclic) bond motifs is 1. The molecule has 132 valence electrons. The fourth-order valence-electron chi connectivity index (χ4n) is 2.74. The minimum Gasteiger partial charge on any atom is -0.487 e. The molecule has 0 amide bonds. The summed E-state index contributed by atoms with van der Waals surface area (Å²) in [4.78, 5) is 11.7. The van der Waals surface area contributed by atoms with Crippen molar-refractivity contribution >= 4 is 10.9 Å². The average Bonchev–Trinajstić information content (AvgIpc) is 3.01. The van der Waals surface area contributed by atoms with E-state index < -0.39 is 0 Å². The van der Waals surface area contributed by atoms with Gasteiger partial charge in [-0.1, -0.05) is 0 Å². The van der Waals surface area contributed by atoms with Crippen LogP contribution in [0.1, 0.15) is 25.0 Å². The number of benzene rings is 1. The van der Waals surface area contributed by atoms with Crippen molar-refractivity contribution in [2.45, 2.75) is 32.4 Å². The van der Waals surface area contributed by atoms with Gasteiger partial charge >= 0.3 is 0 Å². The van der Waals surface area contributed by atoms with Gasteiger partial charge in [0.05, 0.1) is 6.61 Å². The molecule has 0 atom stereocenters. The summed E-state index contributed by atoms with van der Waals surface area (Å²) in [6, 6.07) is 7.95. The zero-order valence-electron chi connectivity index (χ0n) is 13.8. The molecule has 0 aliphatic heterocycles. The summed E-state index contributed by atoms with van der Waals surface area (Å²) < 4.78 is 25.8. The third-order valence-electron chi connectivity index (χ3n) is 4.04. The summed E-state index contributed by atoms with van der Waals surface area (Å²) in [5, 5.41) is 9.79. The number of rotatable bonds is 8. The van der Waals surface area contributed by atoms with Gasteiger partial charge in [-0.2, -0.15) is 0 Å². The smallest absolute Gasteiger partial charge is 0.227 e. The quantitative estimate of drug-likeness (QED) is 0.635. The van der Waals surface area contributed by atoms with Crippen LogP contribution < -0.4 is 10.2 Å². The number of nitrogens with zero attached hydrogens (tertiary/aromatic N) is 1. The molecule has 0 radical (unpaired) electrons. The third kappa shape index (κ3) is 4.28. The van der Waals surface area contributed by atoms with E-state index in [1.807, 2.05) is 12.3 Å². The Balaban J connectivity index is 1.42. The number of aromatic nitrogens is 1. The lowest BCUT2D eigenvalue weighted by atomic mass is 10.2. The largest absolute Gasteiger partial charge is 0.487 e. The van der Waals surface area contributed by atoms with E-state index in [9.17, 15) is 9.18 Å². The normalized spacial score (nSPS) is 11.1. The van der Waals surface area contributed by atoms with Gasteiger partial charge in [-0.15, -0.1) is 0 Å². The molecule has 6 heteroatoms. The third-order valence-corrected chi connectivity index (χ3v) is 4.04. The summed E-state index contributed by atoms with van der Waals surface area (Å²) in [7, 11) is 0. The van der Waals surface area contributed by atoms with Gasteiger partial charge in [0.25, 0.3) is 0 Å². The molecule has 0 bridgehead atoms. The Morgan fingerprint density at radius 2 is 2.04 bits per heavy atom. The molecule has 5 nitrogen and oxygen atoms in total. The number of halogens is 1. The van der Waals surface area contributed by atoms with Crippen LogP contribution in [0.15, 0.2) is 52.0 Å². The van der Waals surface area contributed by atoms with E-state index in [-0.39, 0.29) is 29.4 Å². The van der Waals surface area contributed by atoms with Crippen LogP contribution in [0.25, 0.3) is 10.9 Å². The van der Waals surface area contributed by atoms with Crippen LogP contribution in [0.5, 0.6) is 5.75 Å². The molecule has 3 aromatic rings. The van der Waals surface area contributed by atoms with Crippen molar-refractivity contribution in [3.05, 3.63) is 64.6 Å². The van der Waals surface area contributed by atoms with Crippen LogP contribution >= 0.6 is 0 Å². The second-order valence-corrected chi connectivity index (χ2v) is 5.85. The molecule has 0 saturated carbocycles. The predicted molar refractivity (Wildman–Crippen MR) is 92.1 cm³/mol. The summed E-state index contributed by atoms with van der Waals surface area (Å²) in [5.41, 5.74) is 0.737. The minimum absolute atomic E-state index is 0.163. The lowest BCUT2D eigenvalue weighted by molar-refractivity contribution is 0.236. The Bertz CT molecular complexity index is 900. The Morgan fingerprint density at radius 3 is 2.84 bits per heavy atom. The predicted octanol–water partition coefficient (Wildman–Crippen LogP) is 3.48. The molecule has 2 heterocycles. The molecular formula is C19H20FNO4. The molecule has 3 rings (SSSR count). The van der Waals surface area contributed by atoms with E-state index in [2.05, 4.69) is 4.57 Å². The highest BCUT2D eigenvalue weighted by Crippen LogP contribution is 2.18. The van der Waals surface area contributed by atoms with E-state index in [0.29, 0.717) is 6.61 Å². The first-order valence-electron chi connectivity index (χ1n) is 8.27. The summed E-state index contributed by atoms with van der Waals surface area (Å²) in [5.74, 6) is 0.158. The van der Waals surface area contributed by atoms with Crippen LogP contribution in [-0.4, -0.2) is 16.3 Å². The first-order valence-corrected chi connectivity index (χ1v) is 8.27. The topological polar surface area (TPSA) is 64.6 Å². The summed E-state index contributed by atoms with van der Waals surface area (Å²) in [6.45, 7) is 0.972. The van der Waals surface area contributed by atoms with Crippen molar-refractivity contribution in [2.75, 3.05) is 6.61 Å². The van der Waals surface area contributed by atoms with Crippen molar-refractivity contribution in [1.29, 1.82) is 0 Å². The van der Waals surface area contributed by atoms with Crippen molar-refractivity contribution in [3.63, 3.8) is 0 Å². The fraction of sp³-hybridized carbons (Fsp3) is 0.316. The van der Waals surface area contributed by atoms with Gasteiger partial charge in [-0.25, -0.2) is 4.39 Å². The average molecular weight is 345 g/mol. The number of aliphatic hydroxyl groups is 1. The second-order valence-electron chi connectivity index (χ2n) is 5.85. The van der Waals surface area contributed by atoms with Crippen LogP contribution in [0.3, 0.4) is 0 Å². The van der Waals surface area contributed by atoms with Crippen molar-refractivity contribution < 1.29 is 18.7 Å². The molecule has 1 aromatic carbocycles. The van der Waals surface area contributed by atoms with Crippen LogP contribution in [0, 0.1) is 5.82 Å². The molecule has 0 unspecified atom stereocenters. The standard InChI is InChI=1S/C19H20FNO4/c20-15-4-5-17-14(10-15)6-8-21(17)7-2-1-3-9-24-19-13-25-16(12-22)11-18(19)23/h4-6,8,10-11,13,22H,1-3,7,9,12H2. The number of aliphatic hydroxyl groups excluding tert-OH is 1. The number of hydrogen-bond donors (Lipinski definition) is 1. The van der Waals surface area contributed by atoms with Gasteiger partial charge in [-0.3, -0.25) is 4.79 Å². The lowest BCUT2D eigenvalue weighted by Gasteiger charge is -2.07. The highest BCUT2D eigenvalue weighted by atomic mass is 19.1. The molecule has 0 saturated heterocycles. The maximum absolute atomic E-state index is 13.2. The minimum atomic E-state index is -0.309. The maximum Gasteiger partial charge on any atom is 0.227 e. The fourth-order valence-corrected chi connectivity index (χ4v) is 2.74. The van der Waals surface area contributed by atoms with Gasteiger partial charge < -0.3 is 18.8 Å². The Hall–Kier alpha value is -2.60. The number of aryl methyl sites for hydroxylation is 1. The molecular weight excluding hydrogens is 325 g/mol. The number of hydrogen-bond acceptors (Lipinski definition) is 4. The van der Waals surface area contributed by atoms with Gasteiger partial charge in [-0.05, 0) is 43.5 Å². The zero-order valence-corrected chi connectivity index (χ0v) is 13.8. The Kier molecular flexibility index (Phi) is 5.50. The molecule has 25 heavy (non-hydrogen) atoms. The first-order chi connectivity index (χ1) is 12.2. The van der Waals surface area contributed by atoms with Crippen LogP contribution in [0.2, 0.25) is 0 Å². The molecule has 0 spiro atoms. The molecule has 1 N–H and O–H groups in total. The van der Waals surface area contributed by atoms with E-state index in [1.54, 1.807) is 6.07 Å². The molecule has 0 aliphatic carbocycles. The SMILES string of the molecule is O=c1cc(CO)occ1OCCCCCn1ccc2cc(F)ccc21. The number of ether oxygens (including phenoxy) is 1. The molecule has 2 aromatic heterocycles. The highest BCUT2D eigenvalue weighted by molar-refractivity contribution is 5.80. The van der Waals surface area contributed by atoms with Crippen molar-refractivity contribution in [2.24, 2.45) is 0 Å². The van der Waals surface area contributed by atoms with Gasteiger partial charge in [0.15, 0.2) is 0 Å². The van der Waals surface area contributed by atoms with Crippen LogP contribution in [0.4, 0.5) is 4.39 Å². The second kappa shape index (κ2) is 7.98. The number of unbranched alkanes of at least 4 members (excludes halogenated alkanes) is 2. The summed E-state index contributed by atoms with van der Waals surface area (Å²) >= 11 is 0. The maximum atomic E-state index is 13.2. The van der Waals surface area contributed by atoms with Gasteiger partial charge in [0.2, 0.25) is 11.2 Å². The Labute approximate surface area is 144 Å². The lowest BCUT2D eigenvalue weighted by Crippen LogP contribution is -2.09.